The van der Waals surface area contributed by atoms with Gasteiger partial charge in [0, 0.05) is 11.3 Å². The molecule has 0 spiro atoms. The number of benzene rings is 3. The fourth-order valence-electron chi connectivity index (χ4n) is 3.80. The Kier molecular flexibility index (Phi) is 6.50. The third-order valence-electron chi connectivity index (χ3n) is 5.71. The summed E-state index contributed by atoms with van der Waals surface area (Å²) in [4.78, 5) is 51.4. The topological polar surface area (TPSA) is 117 Å². The van der Waals surface area contributed by atoms with Crippen LogP contribution >= 0.6 is 0 Å². The molecular formula is C26H24N4O5. The van der Waals surface area contributed by atoms with Crippen molar-refractivity contribution < 1.29 is 23.9 Å². The maximum Gasteiger partial charge on any atom is 0.325 e. The average Bonchev–Trinajstić information content (AvgIpc) is 3.09. The molecule has 3 aromatic carbocycles. The summed E-state index contributed by atoms with van der Waals surface area (Å²) in [6, 6.07) is 21.5. The number of amides is 5. The maximum atomic E-state index is 13.0. The molecule has 9 heteroatoms. The summed E-state index contributed by atoms with van der Waals surface area (Å²) >= 11 is 0. The highest BCUT2D eigenvalue weighted by Gasteiger charge is 2.49. The van der Waals surface area contributed by atoms with E-state index in [9.17, 15) is 19.2 Å². The number of methoxy groups -OCH3 is 1. The molecule has 5 amide bonds. The molecule has 1 atom stereocenters. The van der Waals surface area contributed by atoms with Crippen molar-refractivity contribution in [3.63, 3.8) is 0 Å². The second kappa shape index (κ2) is 9.68. The Morgan fingerprint density at radius 2 is 1.57 bits per heavy atom. The Balaban J connectivity index is 1.38. The van der Waals surface area contributed by atoms with Gasteiger partial charge in [-0.2, -0.15) is 0 Å². The molecule has 178 valence electrons. The molecule has 4 rings (SSSR count). The first kappa shape index (κ1) is 23.5. The summed E-state index contributed by atoms with van der Waals surface area (Å²) < 4.78 is 5.23. The van der Waals surface area contributed by atoms with Crippen molar-refractivity contribution in [3.8, 4) is 5.75 Å². The molecule has 0 bridgehead atoms. The summed E-state index contributed by atoms with van der Waals surface area (Å²) in [5, 5.41) is 8.09. The first-order valence-electron chi connectivity index (χ1n) is 10.9. The molecule has 3 N–H and O–H groups in total. The summed E-state index contributed by atoms with van der Waals surface area (Å²) in [6.45, 7) is 1.17. The highest BCUT2D eigenvalue weighted by Crippen LogP contribution is 2.28. The van der Waals surface area contributed by atoms with Crippen LogP contribution in [0.15, 0.2) is 78.9 Å². The normalized spacial score (nSPS) is 17.0. The van der Waals surface area contributed by atoms with Crippen molar-refractivity contribution in [2.24, 2.45) is 0 Å². The first-order chi connectivity index (χ1) is 16.8. The molecule has 1 fully saturated rings. The van der Waals surface area contributed by atoms with E-state index in [-0.39, 0.29) is 5.91 Å². The number of carbonyl (C=O) groups excluding carboxylic acids is 4. The Morgan fingerprint density at radius 1 is 0.914 bits per heavy atom. The van der Waals surface area contributed by atoms with Crippen LogP contribution in [0.5, 0.6) is 5.75 Å². The smallest absolute Gasteiger partial charge is 0.325 e. The molecule has 1 unspecified atom stereocenters. The van der Waals surface area contributed by atoms with Crippen LogP contribution in [0.4, 0.5) is 16.2 Å². The van der Waals surface area contributed by atoms with Gasteiger partial charge in [-0.15, -0.1) is 0 Å². The second-order valence-corrected chi connectivity index (χ2v) is 8.09. The summed E-state index contributed by atoms with van der Waals surface area (Å²) in [5.41, 5.74) is 0.717. The molecule has 1 heterocycles. The van der Waals surface area contributed by atoms with Gasteiger partial charge in [-0.1, -0.05) is 42.5 Å². The number of nitrogens with zero attached hydrogens (tertiary/aromatic N) is 1. The predicted molar refractivity (Wildman–Crippen MR) is 130 cm³/mol. The second-order valence-electron chi connectivity index (χ2n) is 8.09. The van der Waals surface area contributed by atoms with E-state index < -0.39 is 29.9 Å². The minimum absolute atomic E-state index is 0.341. The van der Waals surface area contributed by atoms with Gasteiger partial charge in [0.05, 0.1) is 12.8 Å². The molecule has 0 aromatic heterocycles. The van der Waals surface area contributed by atoms with Crippen LogP contribution in [0.25, 0.3) is 0 Å². The first-order valence-corrected chi connectivity index (χ1v) is 10.9. The highest BCUT2D eigenvalue weighted by atomic mass is 16.5. The monoisotopic (exact) mass is 472 g/mol. The number of hydrogen-bond acceptors (Lipinski definition) is 5. The molecule has 3 aromatic rings. The number of ether oxygens (including phenoxy) is 1. The Labute approximate surface area is 202 Å². The Morgan fingerprint density at radius 3 is 2.26 bits per heavy atom. The van der Waals surface area contributed by atoms with E-state index in [1.165, 1.54) is 7.11 Å². The maximum absolute atomic E-state index is 13.0. The van der Waals surface area contributed by atoms with Gasteiger partial charge in [-0.05, 0) is 48.9 Å². The molecule has 0 aliphatic carbocycles. The zero-order chi connectivity index (χ0) is 25.0. The number of para-hydroxylation sites is 2. The van der Waals surface area contributed by atoms with E-state index >= 15 is 0 Å². The van der Waals surface area contributed by atoms with E-state index in [1.54, 1.807) is 79.7 Å². The SMILES string of the molecule is COc1ccccc1NC(=O)c1ccc(NC(=O)CN2C(=O)NC(C)(c3ccccc3)C2=O)cc1. The van der Waals surface area contributed by atoms with Crippen molar-refractivity contribution in [1.29, 1.82) is 0 Å². The van der Waals surface area contributed by atoms with E-state index in [2.05, 4.69) is 16.0 Å². The zero-order valence-electron chi connectivity index (χ0n) is 19.2. The van der Waals surface area contributed by atoms with E-state index in [0.29, 0.717) is 28.3 Å². The predicted octanol–water partition coefficient (Wildman–Crippen LogP) is 3.35. The number of urea groups is 1. The van der Waals surface area contributed by atoms with Crippen molar-refractivity contribution in [2.75, 3.05) is 24.3 Å². The van der Waals surface area contributed by atoms with E-state index in [0.717, 1.165) is 4.90 Å². The molecular weight excluding hydrogens is 448 g/mol. The average molecular weight is 473 g/mol. The third kappa shape index (κ3) is 4.84. The van der Waals surface area contributed by atoms with Crippen molar-refractivity contribution in [1.82, 2.24) is 10.2 Å². The Bertz CT molecular complexity index is 1280. The van der Waals surface area contributed by atoms with Crippen LogP contribution in [-0.2, 0) is 15.1 Å². The van der Waals surface area contributed by atoms with Crippen molar-refractivity contribution in [2.45, 2.75) is 12.5 Å². The van der Waals surface area contributed by atoms with Crippen LogP contribution in [0.2, 0.25) is 0 Å². The highest BCUT2D eigenvalue weighted by molar-refractivity contribution is 6.10. The molecule has 0 radical (unpaired) electrons. The molecule has 9 nitrogen and oxygen atoms in total. The molecule has 1 saturated heterocycles. The van der Waals surface area contributed by atoms with Gasteiger partial charge in [0.25, 0.3) is 11.8 Å². The van der Waals surface area contributed by atoms with Crippen LogP contribution in [-0.4, -0.2) is 42.3 Å². The molecule has 1 aliphatic rings. The van der Waals surface area contributed by atoms with Crippen molar-refractivity contribution >= 4 is 35.1 Å². The minimum atomic E-state index is -1.24. The standard InChI is InChI=1S/C26H24N4O5/c1-26(18-8-4-3-5-9-18)24(33)30(25(34)29-26)16-22(31)27-19-14-12-17(13-15-19)23(32)28-20-10-6-7-11-21(20)35-2/h3-15H,16H2,1-2H3,(H,27,31)(H,28,32)(H,29,34). The zero-order valence-corrected chi connectivity index (χ0v) is 19.2. The number of hydrogen-bond donors (Lipinski definition) is 3. The summed E-state index contributed by atoms with van der Waals surface area (Å²) in [5.74, 6) is -0.857. The lowest BCUT2D eigenvalue weighted by Gasteiger charge is -2.22. The number of imide groups is 1. The quantitative estimate of drug-likeness (QED) is 0.456. The van der Waals surface area contributed by atoms with Crippen LogP contribution < -0.4 is 20.7 Å². The summed E-state index contributed by atoms with van der Waals surface area (Å²) in [7, 11) is 1.52. The lowest BCUT2D eigenvalue weighted by molar-refractivity contribution is -0.133. The van der Waals surface area contributed by atoms with Crippen LogP contribution in [0.3, 0.4) is 0 Å². The van der Waals surface area contributed by atoms with Crippen LogP contribution in [0.1, 0.15) is 22.8 Å². The van der Waals surface area contributed by atoms with Gasteiger partial charge in [0.2, 0.25) is 5.91 Å². The van der Waals surface area contributed by atoms with Gasteiger partial charge in [-0.3, -0.25) is 19.3 Å². The molecule has 1 aliphatic heterocycles. The summed E-state index contributed by atoms with van der Waals surface area (Å²) in [6.07, 6.45) is 0. The fourth-order valence-corrected chi connectivity index (χ4v) is 3.80. The largest absolute Gasteiger partial charge is 0.495 e. The van der Waals surface area contributed by atoms with Gasteiger partial charge < -0.3 is 20.7 Å². The number of rotatable bonds is 7. The number of anilines is 2. The van der Waals surface area contributed by atoms with Gasteiger partial charge in [-0.25, -0.2) is 4.79 Å². The Hall–Kier alpha value is -4.66. The van der Waals surface area contributed by atoms with Crippen LogP contribution in [0, 0.1) is 0 Å². The van der Waals surface area contributed by atoms with E-state index in [1.807, 2.05) is 6.07 Å². The van der Waals surface area contributed by atoms with Crippen molar-refractivity contribution in [3.05, 3.63) is 90.0 Å². The number of carbonyl (C=O) groups is 4. The molecule has 0 saturated carbocycles. The lowest BCUT2D eigenvalue weighted by Crippen LogP contribution is -2.42. The minimum Gasteiger partial charge on any atom is -0.495 e. The lowest BCUT2D eigenvalue weighted by atomic mass is 9.92. The number of nitrogens with one attached hydrogen (secondary N) is 3. The molecule has 35 heavy (non-hydrogen) atoms. The third-order valence-corrected chi connectivity index (χ3v) is 5.71. The fraction of sp³-hybridized carbons (Fsp3) is 0.154. The van der Waals surface area contributed by atoms with E-state index in [4.69, 9.17) is 4.74 Å². The van der Waals surface area contributed by atoms with Gasteiger partial charge in [0.1, 0.15) is 17.8 Å². The van der Waals surface area contributed by atoms with Gasteiger partial charge >= 0.3 is 6.03 Å². The van der Waals surface area contributed by atoms with Gasteiger partial charge in [0.15, 0.2) is 0 Å².